The van der Waals surface area contributed by atoms with Crippen molar-refractivity contribution in [3.05, 3.63) is 24.0 Å². The third-order valence-corrected chi connectivity index (χ3v) is 2.64. The molecule has 5 nitrogen and oxygen atoms in total. The van der Waals surface area contributed by atoms with E-state index < -0.39 is 0 Å². The Balaban J connectivity index is 2.11. The summed E-state index contributed by atoms with van der Waals surface area (Å²) in [5, 5.41) is 2.79. The average Bonchev–Trinajstić information content (AvgIpc) is 2.29. The molecule has 86 valence electrons. The van der Waals surface area contributed by atoms with Crippen LogP contribution in [0.3, 0.4) is 0 Å². The molecule has 2 heterocycles. The van der Waals surface area contributed by atoms with Gasteiger partial charge in [0.15, 0.2) is 0 Å². The summed E-state index contributed by atoms with van der Waals surface area (Å²) in [4.78, 5) is 17.5. The lowest BCUT2D eigenvalue weighted by atomic mass is 10.2. The molecule has 1 aliphatic heterocycles. The molecule has 3 N–H and O–H groups in total. The average molecular weight is 220 g/mol. The maximum Gasteiger partial charge on any atom is 0.239 e. The molecule has 1 amide bonds. The van der Waals surface area contributed by atoms with E-state index >= 15 is 0 Å². The molecule has 1 aromatic heterocycles. The van der Waals surface area contributed by atoms with Gasteiger partial charge in [-0.3, -0.25) is 9.78 Å². The zero-order valence-corrected chi connectivity index (χ0v) is 9.31. The maximum atomic E-state index is 11.2. The van der Waals surface area contributed by atoms with E-state index in [1.165, 1.54) is 0 Å². The molecule has 0 aromatic carbocycles. The smallest absolute Gasteiger partial charge is 0.239 e. The minimum absolute atomic E-state index is 0.0568. The quantitative estimate of drug-likeness (QED) is 0.738. The number of carbonyl (C=O) groups is 1. The molecule has 1 unspecified atom stereocenters. The lowest BCUT2D eigenvalue weighted by Gasteiger charge is -2.28. The highest BCUT2D eigenvalue weighted by Gasteiger charge is 2.16. The summed E-state index contributed by atoms with van der Waals surface area (Å²) in [6.07, 6.45) is 1.78. The van der Waals surface area contributed by atoms with E-state index in [0.29, 0.717) is 13.1 Å². The molecular formula is C11H16N4O. The largest absolute Gasteiger partial charge is 0.359 e. The zero-order valence-electron chi connectivity index (χ0n) is 9.31. The predicted octanol–water partition coefficient (Wildman–Crippen LogP) is 0.0375. The molecule has 1 atom stereocenters. The van der Waals surface area contributed by atoms with Crippen molar-refractivity contribution < 1.29 is 4.79 Å². The van der Waals surface area contributed by atoms with Crippen molar-refractivity contribution in [3.8, 4) is 0 Å². The van der Waals surface area contributed by atoms with Crippen molar-refractivity contribution in [1.82, 2.24) is 10.3 Å². The molecule has 0 spiro atoms. The van der Waals surface area contributed by atoms with E-state index in [9.17, 15) is 4.79 Å². The van der Waals surface area contributed by atoms with Crippen molar-refractivity contribution in [2.45, 2.75) is 13.0 Å². The van der Waals surface area contributed by atoms with E-state index in [1.54, 1.807) is 6.20 Å². The molecule has 1 fully saturated rings. The Morgan fingerprint density at radius 2 is 2.38 bits per heavy atom. The van der Waals surface area contributed by atoms with Crippen LogP contribution in [0.1, 0.15) is 18.7 Å². The standard InChI is InChI=1S/C11H16N4O/c1-8(12)10-3-2-9(6-14-10)15-5-4-13-11(16)7-15/h2-3,6,8H,4-5,7,12H2,1H3,(H,13,16). The van der Waals surface area contributed by atoms with Crippen LogP contribution in [0.25, 0.3) is 0 Å². The van der Waals surface area contributed by atoms with Gasteiger partial charge in [-0.05, 0) is 19.1 Å². The highest BCUT2D eigenvalue weighted by Crippen LogP contribution is 2.15. The van der Waals surface area contributed by atoms with Crippen LogP contribution in [0.4, 0.5) is 5.69 Å². The van der Waals surface area contributed by atoms with Gasteiger partial charge in [-0.1, -0.05) is 0 Å². The number of piperazine rings is 1. The number of hydrogen-bond acceptors (Lipinski definition) is 4. The van der Waals surface area contributed by atoms with E-state index in [4.69, 9.17) is 5.73 Å². The SMILES string of the molecule is CC(N)c1ccc(N2CCNC(=O)C2)cn1. The van der Waals surface area contributed by atoms with E-state index in [0.717, 1.165) is 17.9 Å². The van der Waals surface area contributed by atoms with Crippen molar-refractivity contribution in [3.63, 3.8) is 0 Å². The van der Waals surface area contributed by atoms with Crippen molar-refractivity contribution >= 4 is 11.6 Å². The first-order chi connectivity index (χ1) is 7.66. The molecule has 16 heavy (non-hydrogen) atoms. The Kier molecular flexibility index (Phi) is 3.05. The number of amides is 1. The number of pyridine rings is 1. The van der Waals surface area contributed by atoms with Gasteiger partial charge in [0.2, 0.25) is 5.91 Å². The number of aromatic nitrogens is 1. The number of nitrogens with one attached hydrogen (secondary N) is 1. The Hall–Kier alpha value is -1.62. The topological polar surface area (TPSA) is 71.2 Å². The molecule has 1 saturated heterocycles. The van der Waals surface area contributed by atoms with Crippen LogP contribution in [0, 0.1) is 0 Å². The Morgan fingerprint density at radius 3 is 2.94 bits per heavy atom. The van der Waals surface area contributed by atoms with Gasteiger partial charge in [-0.15, -0.1) is 0 Å². The molecular weight excluding hydrogens is 204 g/mol. The van der Waals surface area contributed by atoms with Crippen LogP contribution in [0.2, 0.25) is 0 Å². The molecule has 0 bridgehead atoms. The molecule has 0 aliphatic carbocycles. The second-order valence-electron chi connectivity index (χ2n) is 4.00. The van der Waals surface area contributed by atoms with Gasteiger partial charge in [0.05, 0.1) is 24.1 Å². The van der Waals surface area contributed by atoms with Crippen LogP contribution >= 0.6 is 0 Å². The molecule has 1 aromatic rings. The number of nitrogens with two attached hydrogens (primary N) is 1. The lowest BCUT2D eigenvalue weighted by molar-refractivity contribution is -0.120. The number of rotatable bonds is 2. The highest BCUT2D eigenvalue weighted by atomic mass is 16.2. The fraction of sp³-hybridized carbons (Fsp3) is 0.455. The third kappa shape index (κ3) is 2.30. The van der Waals surface area contributed by atoms with Gasteiger partial charge in [-0.2, -0.15) is 0 Å². The van der Waals surface area contributed by atoms with Gasteiger partial charge < -0.3 is 16.0 Å². The zero-order chi connectivity index (χ0) is 11.5. The summed E-state index contributed by atoms with van der Waals surface area (Å²) in [5.41, 5.74) is 7.56. The fourth-order valence-corrected chi connectivity index (χ4v) is 1.71. The Morgan fingerprint density at radius 1 is 1.56 bits per heavy atom. The molecule has 2 rings (SSSR count). The summed E-state index contributed by atoms with van der Waals surface area (Å²) >= 11 is 0. The predicted molar refractivity (Wildman–Crippen MR) is 62.1 cm³/mol. The highest BCUT2D eigenvalue weighted by molar-refractivity contribution is 5.82. The van der Waals surface area contributed by atoms with E-state index in [2.05, 4.69) is 10.3 Å². The van der Waals surface area contributed by atoms with Crippen LogP contribution in [0.5, 0.6) is 0 Å². The number of nitrogens with zero attached hydrogens (tertiary/aromatic N) is 2. The summed E-state index contributed by atoms with van der Waals surface area (Å²) in [7, 11) is 0. The summed E-state index contributed by atoms with van der Waals surface area (Å²) in [6, 6.07) is 3.82. The summed E-state index contributed by atoms with van der Waals surface area (Å²) in [6.45, 7) is 3.81. The first-order valence-corrected chi connectivity index (χ1v) is 5.40. The lowest BCUT2D eigenvalue weighted by Crippen LogP contribution is -2.47. The Labute approximate surface area is 94.6 Å². The summed E-state index contributed by atoms with van der Waals surface area (Å²) in [5.74, 6) is 0.0579. The normalized spacial score (nSPS) is 18.1. The third-order valence-electron chi connectivity index (χ3n) is 2.64. The van der Waals surface area contributed by atoms with Gasteiger partial charge in [-0.25, -0.2) is 0 Å². The van der Waals surface area contributed by atoms with Crippen LogP contribution < -0.4 is 16.0 Å². The number of carbonyl (C=O) groups excluding carboxylic acids is 1. The van der Waals surface area contributed by atoms with Crippen molar-refractivity contribution in [2.75, 3.05) is 24.5 Å². The monoisotopic (exact) mass is 220 g/mol. The first kappa shape index (κ1) is 10.9. The number of anilines is 1. The second kappa shape index (κ2) is 4.49. The van der Waals surface area contributed by atoms with Gasteiger partial charge in [0.1, 0.15) is 0 Å². The van der Waals surface area contributed by atoms with Crippen LogP contribution in [-0.4, -0.2) is 30.5 Å². The van der Waals surface area contributed by atoms with Gasteiger partial charge in [0.25, 0.3) is 0 Å². The van der Waals surface area contributed by atoms with E-state index in [1.807, 2.05) is 24.0 Å². The maximum absolute atomic E-state index is 11.2. The summed E-state index contributed by atoms with van der Waals surface area (Å²) < 4.78 is 0. The first-order valence-electron chi connectivity index (χ1n) is 5.40. The minimum Gasteiger partial charge on any atom is -0.359 e. The van der Waals surface area contributed by atoms with Crippen LogP contribution in [-0.2, 0) is 4.79 Å². The molecule has 5 heteroatoms. The molecule has 0 saturated carbocycles. The Bertz CT molecular complexity index is 374. The van der Waals surface area contributed by atoms with Crippen molar-refractivity contribution in [1.29, 1.82) is 0 Å². The molecule has 1 aliphatic rings. The van der Waals surface area contributed by atoms with Gasteiger partial charge >= 0.3 is 0 Å². The minimum atomic E-state index is -0.0568. The fourth-order valence-electron chi connectivity index (χ4n) is 1.71. The second-order valence-corrected chi connectivity index (χ2v) is 4.00. The molecule has 0 radical (unpaired) electrons. The van der Waals surface area contributed by atoms with Crippen molar-refractivity contribution in [2.24, 2.45) is 5.73 Å². The van der Waals surface area contributed by atoms with Gasteiger partial charge in [0, 0.05) is 19.1 Å². The van der Waals surface area contributed by atoms with E-state index in [-0.39, 0.29) is 11.9 Å². The van der Waals surface area contributed by atoms with Crippen LogP contribution in [0.15, 0.2) is 18.3 Å². The number of hydrogen-bond donors (Lipinski definition) is 2.